The number of rotatable bonds is 2. The normalized spacial score (nSPS) is 13.9. The van der Waals surface area contributed by atoms with Crippen LogP contribution in [0, 0.1) is 0 Å². The van der Waals surface area contributed by atoms with Crippen LogP contribution in [0.25, 0.3) is 6.08 Å². The van der Waals surface area contributed by atoms with E-state index in [-0.39, 0.29) is 0 Å². The van der Waals surface area contributed by atoms with Gasteiger partial charge >= 0.3 is 0 Å². The SMILES string of the molecule is NCCN1N=CC=Cc2ccccc21. The summed E-state index contributed by atoms with van der Waals surface area (Å²) < 4.78 is 0. The first-order valence-electron chi connectivity index (χ1n) is 4.69. The lowest BCUT2D eigenvalue weighted by molar-refractivity contribution is 0.838. The fourth-order valence-corrected chi connectivity index (χ4v) is 1.49. The van der Waals surface area contributed by atoms with Crippen molar-refractivity contribution in [2.75, 3.05) is 18.1 Å². The third-order valence-corrected chi connectivity index (χ3v) is 2.12. The molecule has 0 unspecified atom stereocenters. The summed E-state index contributed by atoms with van der Waals surface area (Å²) >= 11 is 0. The van der Waals surface area contributed by atoms with Gasteiger partial charge < -0.3 is 5.73 Å². The third-order valence-electron chi connectivity index (χ3n) is 2.12. The van der Waals surface area contributed by atoms with Gasteiger partial charge in [0.1, 0.15) is 0 Å². The predicted octanol–water partition coefficient (Wildman–Crippen LogP) is 1.46. The maximum atomic E-state index is 5.53. The van der Waals surface area contributed by atoms with E-state index in [0.29, 0.717) is 6.54 Å². The lowest BCUT2D eigenvalue weighted by Crippen LogP contribution is -2.24. The monoisotopic (exact) mass is 187 g/mol. The second-order valence-electron chi connectivity index (χ2n) is 3.09. The Balaban J connectivity index is 2.39. The van der Waals surface area contributed by atoms with Crippen molar-refractivity contribution in [1.82, 2.24) is 0 Å². The van der Waals surface area contributed by atoms with Crippen LogP contribution in [0.4, 0.5) is 5.69 Å². The van der Waals surface area contributed by atoms with Crippen LogP contribution in [0.2, 0.25) is 0 Å². The molecule has 3 nitrogen and oxygen atoms in total. The quantitative estimate of drug-likeness (QED) is 0.761. The van der Waals surface area contributed by atoms with Crippen molar-refractivity contribution in [3.8, 4) is 0 Å². The lowest BCUT2D eigenvalue weighted by Gasteiger charge is -2.18. The molecular formula is C11H13N3. The van der Waals surface area contributed by atoms with Crippen LogP contribution < -0.4 is 10.7 Å². The van der Waals surface area contributed by atoms with E-state index in [2.05, 4.69) is 23.3 Å². The maximum Gasteiger partial charge on any atom is 0.0666 e. The Hall–Kier alpha value is -1.61. The number of hydrogen-bond donors (Lipinski definition) is 1. The van der Waals surface area contributed by atoms with Crippen molar-refractivity contribution in [3.05, 3.63) is 35.9 Å². The highest BCUT2D eigenvalue weighted by atomic mass is 15.5. The Morgan fingerprint density at radius 1 is 1.29 bits per heavy atom. The Kier molecular flexibility index (Phi) is 2.60. The molecule has 0 aromatic heterocycles. The van der Waals surface area contributed by atoms with Gasteiger partial charge in [-0.2, -0.15) is 5.10 Å². The molecule has 72 valence electrons. The van der Waals surface area contributed by atoms with Crippen molar-refractivity contribution in [2.24, 2.45) is 10.8 Å². The van der Waals surface area contributed by atoms with Gasteiger partial charge in [0.05, 0.1) is 12.2 Å². The Morgan fingerprint density at radius 3 is 3.00 bits per heavy atom. The van der Waals surface area contributed by atoms with Crippen LogP contribution in [0.15, 0.2) is 35.4 Å². The molecule has 1 aromatic rings. The van der Waals surface area contributed by atoms with Crippen LogP contribution in [0.5, 0.6) is 0 Å². The van der Waals surface area contributed by atoms with Crippen molar-refractivity contribution < 1.29 is 0 Å². The average molecular weight is 187 g/mol. The molecule has 2 N–H and O–H groups in total. The Labute approximate surface area is 83.5 Å². The van der Waals surface area contributed by atoms with E-state index in [1.54, 1.807) is 6.21 Å². The highest BCUT2D eigenvalue weighted by Crippen LogP contribution is 2.22. The smallest absolute Gasteiger partial charge is 0.0666 e. The molecule has 0 fully saturated rings. The molecule has 3 heteroatoms. The van der Waals surface area contributed by atoms with E-state index in [1.807, 2.05) is 23.2 Å². The van der Waals surface area contributed by atoms with E-state index in [1.165, 1.54) is 5.56 Å². The molecule has 0 spiro atoms. The van der Waals surface area contributed by atoms with Crippen molar-refractivity contribution >= 4 is 18.0 Å². The van der Waals surface area contributed by atoms with Gasteiger partial charge in [-0.1, -0.05) is 24.3 Å². The average Bonchev–Trinajstić information content (AvgIpc) is 2.42. The van der Waals surface area contributed by atoms with Crippen LogP contribution in [-0.4, -0.2) is 19.3 Å². The number of allylic oxidation sites excluding steroid dienone is 1. The second-order valence-corrected chi connectivity index (χ2v) is 3.09. The summed E-state index contributed by atoms with van der Waals surface area (Å²) in [5.41, 5.74) is 7.82. The van der Waals surface area contributed by atoms with Gasteiger partial charge in [0.15, 0.2) is 0 Å². The van der Waals surface area contributed by atoms with Crippen LogP contribution in [0.3, 0.4) is 0 Å². The minimum Gasteiger partial charge on any atom is -0.329 e. The summed E-state index contributed by atoms with van der Waals surface area (Å²) in [5.74, 6) is 0. The van der Waals surface area contributed by atoms with E-state index >= 15 is 0 Å². The minimum absolute atomic E-state index is 0.603. The summed E-state index contributed by atoms with van der Waals surface area (Å²) in [6, 6.07) is 8.16. The predicted molar refractivity (Wildman–Crippen MR) is 60.4 cm³/mol. The largest absolute Gasteiger partial charge is 0.329 e. The summed E-state index contributed by atoms with van der Waals surface area (Å²) in [7, 11) is 0. The Bertz CT molecular complexity index is 369. The summed E-state index contributed by atoms with van der Waals surface area (Å²) in [4.78, 5) is 0. The molecule has 1 aromatic carbocycles. The topological polar surface area (TPSA) is 41.6 Å². The molecule has 1 aliphatic heterocycles. The first-order chi connectivity index (χ1) is 6.92. The molecule has 0 radical (unpaired) electrons. The highest BCUT2D eigenvalue weighted by molar-refractivity contribution is 5.84. The Morgan fingerprint density at radius 2 is 2.14 bits per heavy atom. The fourth-order valence-electron chi connectivity index (χ4n) is 1.49. The van der Waals surface area contributed by atoms with Gasteiger partial charge in [-0.15, -0.1) is 0 Å². The van der Waals surface area contributed by atoms with E-state index in [9.17, 15) is 0 Å². The standard InChI is InChI=1S/C11H13N3/c12-7-9-14-11-6-2-1-4-10(11)5-3-8-13-14/h1-6,8H,7,9,12H2. The maximum absolute atomic E-state index is 5.53. The van der Waals surface area contributed by atoms with E-state index in [4.69, 9.17) is 5.73 Å². The van der Waals surface area contributed by atoms with Gasteiger partial charge in [-0.25, -0.2) is 0 Å². The number of nitrogens with zero attached hydrogens (tertiary/aromatic N) is 2. The molecule has 0 saturated carbocycles. The van der Waals surface area contributed by atoms with Gasteiger partial charge in [0.25, 0.3) is 0 Å². The molecule has 0 saturated heterocycles. The fraction of sp³-hybridized carbons (Fsp3) is 0.182. The number of para-hydroxylation sites is 1. The molecule has 1 aliphatic rings. The van der Waals surface area contributed by atoms with E-state index in [0.717, 1.165) is 12.2 Å². The molecule has 1 heterocycles. The van der Waals surface area contributed by atoms with Crippen molar-refractivity contribution in [3.63, 3.8) is 0 Å². The van der Waals surface area contributed by atoms with Crippen molar-refractivity contribution in [2.45, 2.75) is 0 Å². The van der Waals surface area contributed by atoms with Gasteiger partial charge in [-0.3, -0.25) is 5.01 Å². The molecule has 0 amide bonds. The molecule has 14 heavy (non-hydrogen) atoms. The number of anilines is 1. The summed E-state index contributed by atoms with van der Waals surface area (Å²) in [6.45, 7) is 1.35. The van der Waals surface area contributed by atoms with Crippen molar-refractivity contribution in [1.29, 1.82) is 0 Å². The number of benzene rings is 1. The minimum atomic E-state index is 0.603. The van der Waals surface area contributed by atoms with Crippen LogP contribution >= 0.6 is 0 Å². The summed E-state index contributed by atoms with van der Waals surface area (Å²) in [6.07, 6.45) is 5.78. The molecule has 0 aliphatic carbocycles. The highest BCUT2D eigenvalue weighted by Gasteiger charge is 2.08. The molecule has 0 atom stereocenters. The number of hydrogen-bond acceptors (Lipinski definition) is 3. The first-order valence-corrected chi connectivity index (χ1v) is 4.69. The van der Waals surface area contributed by atoms with Crippen LogP contribution in [-0.2, 0) is 0 Å². The number of fused-ring (bicyclic) bond motifs is 1. The van der Waals surface area contributed by atoms with Gasteiger partial charge in [0, 0.05) is 12.8 Å². The zero-order valence-corrected chi connectivity index (χ0v) is 7.93. The zero-order chi connectivity index (χ0) is 9.80. The van der Waals surface area contributed by atoms with Gasteiger partial charge in [0.2, 0.25) is 0 Å². The molecule has 0 bridgehead atoms. The molecular weight excluding hydrogens is 174 g/mol. The summed E-state index contributed by atoms with van der Waals surface area (Å²) in [5, 5.41) is 6.22. The molecule has 2 rings (SSSR count). The van der Waals surface area contributed by atoms with Gasteiger partial charge in [-0.05, 0) is 17.7 Å². The lowest BCUT2D eigenvalue weighted by atomic mass is 10.1. The second kappa shape index (κ2) is 4.07. The van der Waals surface area contributed by atoms with Crippen LogP contribution in [0.1, 0.15) is 5.56 Å². The zero-order valence-electron chi connectivity index (χ0n) is 7.93. The van der Waals surface area contributed by atoms with E-state index < -0.39 is 0 Å². The number of hydrazone groups is 1. The number of nitrogens with two attached hydrogens (primary N) is 1. The first kappa shape index (κ1) is 8.97. The third kappa shape index (κ3) is 1.67.